The molecule has 4 nitrogen and oxygen atoms in total. The van der Waals surface area contributed by atoms with Crippen LogP contribution in [-0.2, 0) is 6.42 Å². The van der Waals surface area contributed by atoms with Gasteiger partial charge in [-0.3, -0.25) is 0 Å². The summed E-state index contributed by atoms with van der Waals surface area (Å²) in [5, 5.41) is 12.6. The molecule has 1 aromatic heterocycles. The molecule has 0 bridgehead atoms. The molecule has 1 aliphatic rings. The molecule has 0 radical (unpaired) electrons. The lowest BCUT2D eigenvalue weighted by molar-refractivity contribution is 0.425. The molecule has 0 amide bonds. The number of fused-ring (bicyclic) bond motifs is 1. The van der Waals surface area contributed by atoms with Crippen molar-refractivity contribution in [3.05, 3.63) is 41.3 Å². The molecule has 3 rings (SSSR count). The van der Waals surface area contributed by atoms with Gasteiger partial charge in [-0.1, -0.05) is 36.0 Å². The van der Waals surface area contributed by atoms with Gasteiger partial charge in [0.15, 0.2) is 0 Å². The zero-order valence-corrected chi connectivity index (χ0v) is 12.6. The first kappa shape index (κ1) is 13.6. The fourth-order valence-electron chi connectivity index (χ4n) is 2.85. The van der Waals surface area contributed by atoms with Crippen LogP contribution >= 0.6 is 11.8 Å². The van der Waals surface area contributed by atoms with Gasteiger partial charge in [0.2, 0.25) is 5.89 Å². The third-order valence-corrected chi connectivity index (χ3v) is 4.94. The van der Waals surface area contributed by atoms with Crippen LogP contribution in [0, 0.1) is 6.92 Å². The number of hydrogen-bond acceptors (Lipinski definition) is 5. The van der Waals surface area contributed by atoms with E-state index < -0.39 is 0 Å². The van der Waals surface area contributed by atoms with Crippen molar-refractivity contribution in [3.8, 4) is 0 Å². The van der Waals surface area contributed by atoms with Crippen LogP contribution in [0.15, 0.2) is 33.9 Å². The molecular weight excluding hydrogens is 270 g/mol. The summed E-state index contributed by atoms with van der Waals surface area (Å²) < 4.78 is 5.52. The standard InChI is InChI=1S/C15H19N3OS/c1-10-17-18-15(19-10)20-13-9-5-7-11-6-3-4-8-12(11)14(13)16-2/h3-4,6,8,13-14,16H,5,7,9H2,1-2H3. The van der Waals surface area contributed by atoms with Gasteiger partial charge in [0.05, 0.1) is 0 Å². The number of thioether (sulfide) groups is 1. The normalized spacial score (nSPS) is 22.3. The highest BCUT2D eigenvalue weighted by atomic mass is 32.2. The molecule has 1 N–H and O–H groups in total. The molecule has 2 atom stereocenters. The summed E-state index contributed by atoms with van der Waals surface area (Å²) in [6.07, 6.45) is 3.49. The van der Waals surface area contributed by atoms with Gasteiger partial charge in [0, 0.05) is 18.2 Å². The van der Waals surface area contributed by atoms with Crippen LogP contribution in [0.25, 0.3) is 0 Å². The van der Waals surface area contributed by atoms with E-state index in [-0.39, 0.29) is 0 Å². The first-order valence-electron chi connectivity index (χ1n) is 7.00. The predicted molar refractivity (Wildman–Crippen MR) is 79.9 cm³/mol. The summed E-state index contributed by atoms with van der Waals surface area (Å²) in [6, 6.07) is 9.04. The fourth-order valence-corrected chi connectivity index (χ4v) is 4.07. The van der Waals surface area contributed by atoms with Crippen molar-refractivity contribution in [2.24, 2.45) is 0 Å². The van der Waals surface area contributed by atoms with Crippen molar-refractivity contribution >= 4 is 11.8 Å². The number of nitrogens with one attached hydrogen (secondary N) is 1. The quantitative estimate of drug-likeness (QED) is 0.880. The van der Waals surface area contributed by atoms with Gasteiger partial charge in [-0.15, -0.1) is 10.2 Å². The summed E-state index contributed by atoms with van der Waals surface area (Å²) in [5.41, 5.74) is 2.86. The van der Waals surface area contributed by atoms with E-state index in [0.29, 0.717) is 22.4 Å². The molecule has 1 aromatic carbocycles. The lowest BCUT2D eigenvalue weighted by Crippen LogP contribution is -2.27. The maximum atomic E-state index is 5.52. The van der Waals surface area contributed by atoms with Crippen LogP contribution in [0.4, 0.5) is 0 Å². The average Bonchev–Trinajstić information content (AvgIpc) is 2.78. The van der Waals surface area contributed by atoms with E-state index in [2.05, 4.69) is 39.8 Å². The third kappa shape index (κ3) is 2.74. The largest absolute Gasteiger partial charge is 0.416 e. The minimum Gasteiger partial charge on any atom is -0.416 e. The number of nitrogens with zero attached hydrogens (tertiary/aromatic N) is 2. The highest BCUT2D eigenvalue weighted by molar-refractivity contribution is 7.99. The van der Waals surface area contributed by atoms with Gasteiger partial charge in [0.25, 0.3) is 5.22 Å². The van der Waals surface area contributed by atoms with Crippen molar-refractivity contribution in [2.75, 3.05) is 7.05 Å². The highest BCUT2D eigenvalue weighted by Gasteiger charge is 2.28. The molecule has 0 aliphatic heterocycles. The number of benzene rings is 1. The molecular formula is C15H19N3OS. The maximum absolute atomic E-state index is 5.52. The Labute approximate surface area is 123 Å². The Hall–Kier alpha value is -1.33. The first-order valence-corrected chi connectivity index (χ1v) is 7.87. The number of aryl methyl sites for hydroxylation is 2. The first-order chi connectivity index (χ1) is 9.78. The summed E-state index contributed by atoms with van der Waals surface area (Å²) in [7, 11) is 2.03. The van der Waals surface area contributed by atoms with Crippen LogP contribution in [0.3, 0.4) is 0 Å². The fraction of sp³-hybridized carbons (Fsp3) is 0.467. The zero-order valence-electron chi connectivity index (χ0n) is 11.8. The second-order valence-electron chi connectivity index (χ2n) is 5.10. The van der Waals surface area contributed by atoms with E-state index in [0.717, 1.165) is 12.8 Å². The Morgan fingerprint density at radius 2 is 2.15 bits per heavy atom. The van der Waals surface area contributed by atoms with Gasteiger partial charge in [-0.2, -0.15) is 0 Å². The van der Waals surface area contributed by atoms with Crippen LogP contribution in [0.5, 0.6) is 0 Å². The van der Waals surface area contributed by atoms with Crippen molar-refractivity contribution in [2.45, 2.75) is 42.7 Å². The summed E-state index contributed by atoms with van der Waals surface area (Å²) in [4.78, 5) is 0. The molecule has 0 saturated heterocycles. The molecule has 20 heavy (non-hydrogen) atoms. The lowest BCUT2D eigenvalue weighted by Gasteiger charge is -2.24. The van der Waals surface area contributed by atoms with E-state index in [1.807, 2.05) is 14.0 Å². The highest BCUT2D eigenvalue weighted by Crippen LogP contribution is 2.38. The maximum Gasteiger partial charge on any atom is 0.276 e. The number of hydrogen-bond donors (Lipinski definition) is 1. The molecule has 5 heteroatoms. The molecule has 2 aromatic rings. The minimum atomic E-state index is 0.325. The Kier molecular flexibility index (Phi) is 4.08. The summed E-state index contributed by atoms with van der Waals surface area (Å²) in [5.74, 6) is 0.627. The molecule has 106 valence electrons. The van der Waals surface area contributed by atoms with Crippen LogP contribution in [0.2, 0.25) is 0 Å². The van der Waals surface area contributed by atoms with E-state index in [9.17, 15) is 0 Å². The topological polar surface area (TPSA) is 51.0 Å². The van der Waals surface area contributed by atoms with Crippen molar-refractivity contribution in [1.29, 1.82) is 0 Å². The van der Waals surface area contributed by atoms with Gasteiger partial charge in [-0.25, -0.2) is 0 Å². The van der Waals surface area contributed by atoms with E-state index in [1.165, 1.54) is 17.5 Å². The predicted octanol–water partition coefficient (Wildman–Crippen LogP) is 3.14. The second kappa shape index (κ2) is 5.97. The molecule has 2 unspecified atom stereocenters. The Bertz CT molecular complexity index is 584. The summed E-state index contributed by atoms with van der Waals surface area (Å²) >= 11 is 1.69. The van der Waals surface area contributed by atoms with Gasteiger partial charge >= 0.3 is 0 Å². The second-order valence-corrected chi connectivity index (χ2v) is 6.29. The van der Waals surface area contributed by atoms with Crippen LogP contribution in [0.1, 0.15) is 35.9 Å². The molecule has 0 saturated carbocycles. The van der Waals surface area contributed by atoms with E-state index >= 15 is 0 Å². The van der Waals surface area contributed by atoms with E-state index in [1.54, 1.807) is 11.8 Å². The molecule has 0 spiro atoms. The van der Waals surface area contributed by atoms with Crippen LogP contribution < -0.4 is 5.32 Å². The number of aromatic nitrogens is 2. The van der Waals surface area contributed by atoms with Crippen molar-refractivity contribution in [3.63, 3.8) is 0 Å². The third-order valence-electron chi connectivity index (χ3n) is 3.77. The Morgan fingerprint density at radius 3 is 2.90 bits per heavy atom. The van der Waals surface area contributed by atoms with Crippen molar-refractivity contribution < 1.29 is 4.42 Å². The zero-order chi connectivity index (χ0) is 13.9. The Morgan fingerprint density at radius 1 is 1.30 bits per heavy atom. The molecule has 1 heterocycles. The SMILES string of the molecule is CNC1c2ccccc2CCCC1Sc1nnc(C)o1. The number of rotatable bonds is 3. The lowest BCUT2D eigenvalue weighted by atomic mass is 9.99. The molecule has 1 aliphatic carbocycles. The molecule has 0 fully saturated rings. The summed E-state index contributed by atoms with van der Waals surface area (Å²) in [6.45, 7) is 1.83. The Balaban J connectivity index is 1.87. The van der Waals surface area contributed by atoms with Gasteiger partial charge < -0.3 is 9.73 Å². The van der Waals surface area contributed by atoms with E-state index in [4.69, 9.17) is 4.42 Å². The van der Waals surface area contributed by atoms with Crippen LogP contribution in [-0.4, -0.2) is 22.5 Å². The smallest absolute Gasteiger partial charge is 0.276 e. The van der Waals surface area contributed by atoms with Crippen molar-refractivity contribution in [1.82, 2.24) is 15.5 Å². The van der Waals surface area contributed by atoms with Gasteiger partial charge in [-0.05, 0) is 37.4 Å². The average molecular weight is 289 g/mol. The minimum absolute atomic E-state index is 0.325. The monoisotopic (exact) mass is 289 g/mol. The van der Waals surface area contributed by atoms with Gasteiger partial charge in [0.1, 0.15) is 0 Å².